The van der Waals surface area contributed by atoms with Gasteiger partial charge in [0.1, 0.15) is 0 Å². The van der Waals surface area contributed by atoms with Gasteiger partial charge in [0.15, 0.2) is 5.11 Å². The maximum absolute atomic E-state index is 13.0. The number of hydrogen-bond donors (Lipinski definition) is 2. The number of carbonyl (C=O) groups excluding carboxylic acids is 1. The Bertz CT molecular complexity index is 1390. The molecule has 2 N–H and O–H groups in total. The van der Waals surface area contributed by atoms with Crippen molar-refractivity contribution in [3.63, 3.8) is 0 Å². The van der Waals surface area contributed by atoms with Crippen molar-refractivity contribution in [2.75, 3.05) is 11.9 Å². The molecular formula is C29H30N6OS. The highest BCUT2D eigenvalue weighted by Crippen LogP contribution is 2.40. The second kappa shape index (κ2) is 10.9. The minimum absolute atomic E-state index is 0.0393. The smallest absolute Gasteiger partial charge is 0.226 e. The molecule has 0 bridgehead atoms. The van der Waals surface area contributed by atoms with Crippen LogP contribution in [0.25, 0.3) is 5.69 Å². The van der Waals surface area contributed by atoms with Crippen molar-refractivity contribution >= 4 is 28.9 Å². The summed E-state index contributed by atoms with van der Waals surface area (Å²) in [5.41, 5.74) is 6.01. The van der Waals surface area contributed by atoms with Crippen molar-refractivity contribution in [2.24, 2.45) is 0 Å². The molecule has 37 heavy (non-hydrogen) atoms. The van der Waals surface area contributed by atoms with Crippen molar-refractivity contribution in [3.05, 3.63) is 108 Å². The zero-order valence-corrected chi connectivity index (χ0v) is 21.8. The van der Waals surface area contributed by atoms with Gasteiger partial charge >= 0.3 is 0 Å². The SMILES string of the molecule is CCc1ccccc1NC(=O)CCN1C(=S)NC(c2ccccn2)C1c1ccc(C)n1-c1cccnc1. The summed E-state index contributed by atoms with van der Waals surface area (Å²) in [4.78, 5) is 24.1. The molecule has 5 rings (SSSR count). The lowest BCUT2D eigenvalue weighted by molar-refractivity contribution is -0.116. The third-order valence-corrected chi connectivity index (χ3v) is 7.12. The van der Waals surface area contributed by atoms with Gasteiger partial charge in [0.25, 0.3) is 0 Å². The van der Waals surface area contributed by atoms with Crippen LogP contribution in [0.5, 0.6) is 0 Å². The molecule has 0 spiro atoms. The molecule has 1 aliphatic heterocycles. The summed E-state index contributed by atoms with van der Waals surface area (Å²) in [6.45, 7) is 4.63. The lowest BCUT2D eigenvalue weighted by Crippen LogP contribution is -2.33. The highest BCUT2D eigenvalue weighted by molar-refractivity contribution is 7.80. The summed E-state index contributed by atoms with van der Waals surface area (Å²) in [7, 11) is 0. The first-order chi connectivity index (χ1) is 18.1. The van der Waals surface area contributed by atoms with Gasteiger partial charge in [-0.2, -0.15) is 0 Å². The van der Waals surface area contributed by atoms with Crippen molar-refractivity contribution in [1.82, 2.24) is 24.8 Å². The molecule has 8 heteroatoms. The minimum Gasteiger partial charge on any atom is -0.352 e. The molecule has 1 amide bonds. The molecule has 1 aliphatic rings. The third kappa shape index (κ3) is 5.11. The van der Waals surface area contributed by atoms with Crippen LogP contribution in [0.15, 0.2) is 85.3 Å². The number of carbonyl (C=O) groups is 1. The quantitative estimate of drug-likeness (QED) is 0.320. The number of rotatable bonds is 8. The first kappa shape index (κ1) is 24.6. The van der Waals surface area contributed by atoms with Gasteiger partial charge in [0.05, 0.1) is 29.7 Å². The number of aryl methyl sites for hydroxylation is 2. The van der Waals surface area contributed by atoms with E-state index in [4.69, 9.17) is 12.2 Å². The zero-order chi connectivity index (χ0) is 25.8. The van der Waals surface area contributed by atoms with Crippen LogP contribution in [0.1, 0.15) is 48.1 Å². The second-order valence-corrected chi connectivity index (χ2v) is 9.46. The van der Waals surface area contributed by atoms with Crippen LogP contribution in [0.3, 0.4) is 0 Å². The standard InChI is InChI=1S/C29H30N6OS/c1-3-21-9-4-5-11-23(21)32-26(36)15-18-34-28(27(33-29(34)37)24-12-6-7-17-31-24)25-14-13-20(2)35(25)22-10-8-16-30-19-22/h4-14,16-17,19,27-28H,3,15,18H2,1-2H3,(H,32,36)(H,33,37). The number of hydrogen-bond acceptors (Lipinski definition) is 4. The Balaban J connectivity index is 1.46. The molecule has 1 saturated heterocycles. The molecule has 2 atom stereocenters. The average molecular weight is 511 g/mol. The molecule has 4 heterocycles. The van der Waals surface area contributed by atoms with E-state index in [0.717, 1.165) is 40.4 Å². The molecule has 1 fully saturated rings. The fourth-order valence-electron chi connectivity index (χ4n) is 4.98. The van der Waals surface area contributed by atoms with E-state index >= 15 is 0 Å². The van der Waals surface area contributed by atoms with Crippen LogP contribution < -0.4 is 10.6 Å². The maximum Gasteiger partial charge on any atom is 0.226 e. The van der Waals surface area contributed by atoms with E-state index in [-0.39, 0.29) is 18.0 Å². The summed E-state index contributed by atoms with van der Waals surface area (Å²) in [6, 6.07) is 21.7. The third-order valence-electron chi connectivity index (χ3n) is 6.76. The minimum atomic E-state index is -0.165. The van der Waals surface area contributed by atoms with Gasteiger partial charge < -0.3 is 20.1 Å². The Kier molecular flexibility index (Phi) is 7.28. The van der Waals surface area contributed by atoms with E-state index in [1.165, 1.54) is 0 Å². The molecule has 3 aromatic heterocycles. The van der Waals surface area contributed by atoms with E-state index in [2.05, 4.69) is 56.0 Å². The summed E-state index contributed by atoms with van der Waals surface area (Å²) < 4.78 is 2.20. The molecule has 1 aromatic carbocycles. The molecule has 2 unspecified atom stereocenters. The van der Waals surface area contributed by atoms with Crippen molar-refractivity contribution < 1.29 is 4.79 Å². The maximum atomic E-state index is 13.0. The van der Waals surface area contributed by atoms with Gasteiger partial charge in [-0.1, -0.05) is 31.2 Å². The van der Waals surface area contributed by atoms with Crippen LogP contribution >= 0.6 is 12.2 Å². The van der Waals surface area contributed by atoms with Crippen LogP contribution in [-0.2, 0) is 11.2 Å². The van der Waals surface area contributed by atoms with Crippen molar-refractivity contribution in [3.8, 4) is 5.69 Å². The Hall–Kier alpha value is -4.04. The lowest BCUT2D eigenvalue weighted by Gasteiger charge is -2.29. The summed E-state index contributed by atoms with van der Waals surface area (Å²) in [5.74, 6) is -0.0393. The van der Waals surface area contributed by atoms with E-state index in [1.807, 2.05) is 60.8 Å². The fourth-order valence-corrected chi connectivity index (χ4v) is 5.31. The number of amides is 1. The Morgan fingerprint density at radius 2 is 1.89 bits per heavy atom. The predicted molar refractivity (Wildman–Crippen MR) is 150 cm³/mol. The van der Waals surface area contributed by atoms with Crippen LogP contribution in [0.2, 0.25) is 0 Å². The second-order valence-electron chi connectivity index (χ2n) is 9.08. The Morgan fingerprint density at radius 3 is 2.65 bits per heavy atom. The number of aromatic nitrogens is 3. The topological polar surface area (TPSA) is 75.1 Å². The number of pyridine rings is 2. The van der Waals surface area contributed by atoms with Gasteiger partial charge in [0.2, 0.25) is 5.91 Å². The van der Waals surface area contributed by atoms with Gasteiger partial charge in [-0.3, -0.25) is 14.8 Å². The molecule has 7 nitrogen and oxygen atoms in total. The number of benzene rings is 1. The van der Waals surface area contributed by atoms with Gasteiger partial charge in [-0.25, -0.2) is 0 Å². The van der Waals surface area contributed by atoms with E-state index in [9.17, 15) is 4.79 Å². The number of anilines is 1. The highest BCUT2D eigenvalue weighted by atomic mass is 32.1. The number of thiocarbonyl (C=S) groups is 1. The van der Waals surface area contributed by atoms with Crippen molar-refractivity contribution in [1.29, 1.82) is 0 Å². The summed E-state index contributed by atoms with van der Waals surface area (Å²) in [6.07, 6.45) is 6.58. The van der Waals surface area contributed by atoms with E-state index in [0.29, 0.717) is 18.1 Å². The summed E-state index contributed by atoms with van der Waals surface area (Å²) >= 11 is 5.82. The molecule has 0 radical (unpaired) electrons. The van der Waals surface area contributed by atoms with Crippen LogP contribution in [-0.4, -0.2) is 37.0 Å². The molecule has 0 aliphatic carbocycles. The van der Waals surface area contributed by atoms with Crippen LogP contribution in [0, 0.1) is 6.92 Å². The number of para-hydroxylation sites is 1. The monoisotopic (exact) mass is 510 g/mol. The van der Waals surface area contributed by atoms with E-state index < -0.39 is 0 Å². The van der Waals surface area contributed by atoms with Crippen molar-refractivity contribution in [2.45, 2.75) is 38.8 Å². The first-order valence-corrected chi connectivity index (χ1v) is 12.9. The largest absolute Gasteiger partial charge is 0.352 e. The predicted octanol–water partition coefficient (Wildman–Crippen LogP) is 5.14. The first-order valence-electron chi connectivity index (χ1n) is 12.5. The molecule has 4 aromatic rings. The molecular weight excluding hydrogens is 480 g/mol. The van der Waals surface area contributed by atoms with Gasteiger partial charge in [-0.15, -0.1) is 0 Å². The normalized spacial score (nSPS) is 17.0. The number of nitrogens with zero attached hydrogens (tertiary/aromatic N) is 4. The summed E-state index contributed by atoms with van der Waals surface area (Å²) in [5, 5.41) is 7.18. The van der Waals surface area contributed by atoms with Gasteiger partial charge in [-0.05, 0) is 73.6 Å². The van der Waals surface area contributed by atoms with Gasteiger partial charge in [0, 0.05) is 42.4 Å². The van der Waals surface area contributed by atoms with E-state index in [1.54, 1.807) is 12.4 Å². The average Bonchev–Trinajstić information content (AvgIpc) is 3.47. The number of nitrogens with one attached hydrogen (secondary N) is 2. The molecule has 188 valence electrons. The lowest BCUT2D eigenvalue weighted by atomic mass is 10.0. The Labute approximate surface area is 222 Å². The zero-order valence-electron chi connectivity index (χ0n) is 21.0. The Morgan fingerprint density at radius 1 is 1.05 bits per heavy atom. The van der Waals surface area contributed by atoms with Crippen LogP contribution in [0.4, 0.5) is 5.69 Å². The molecule has 0 saturated carbocycles. The fraction of sp³-hybridized carbons (Fsp3) is 0.241. The highest BCUT2D eigenvalue weighted by Gasteiger charge is 2.41.